The van der Waals surface area contributed by atoms with Gasteiger partial charge in [-0.25, -0.2) is 4.79 Å². The standard InChI is InChI=1S/C28H29F9N2O3/c1-15-9-20-22(7-6-8-38(24(41)42-25(3,4)5)23(20)13-21(15)28(35,36)37)39(16(2)40)14-17-10-18(26(29,30)31)12-19(11-17)27(32,33)34/h9-13,22H,6-8,14H2,1-5H3/t22-/m0/s1. The van der Waals surface area contributed by atoms with Gasteiger partial charge in [0, 0.05) is 20.0 Å². The SMILES string of the molecule is CC(=O)N(Cc1cc(C(F)(F)F)cc(C(F)(F)F)c1)[C@H]1CCCN(C(=O)OC(C)(C)C)c2cc(C(F)(F)F)c(C)cc21. The van der Waals surface area contributed by atoms with Crippen molar-refractivity contribution < 1.29 is 53.8 Å². The number of rotatable bonds is 3. The van der Waals surface area contributed by atoms with E-state index in [1.165, 1.54) is 6.92 Å². The first-order valence-electron chi connectivity index (χ1n) is 12.8. The average molecular weight is 613 g/mol. The minimum absolute atomic E-state index is 0.0384. The summed E-state index contributed by atoms with van der Waals surface area (Å²) in [5.41, 5.74) is -6.09. The van der Waals surface area contributed by atoms with Crippen LogP contribution in [-0.2, 0) is 34.6 Å². The van der Waals surface area contributed by atoms with Crippen molar-refractivity contribution in [3.63, 3.8) is 0 Å². The fourth-order valence-corrected chi connectivity index (χ4v) is 4.82. The Balaban J connectivity index is 2.20. The third-order valence-electron chi connectivity index (χ3n) is 6.58. The van der Waals surface area contributed by atoms with Gasteiger partial charge in [0.25, 0.3) is 0 Å². The number of halogens is 9. The lowest BCUT2D eigenvalue weighted by atomic mass is 9.94. The van der Waals surface area contributed by atoms with Crippen molar-refractivity contribution >= 4 is 17.7 Å². The number of nitrogens with zero attached hydrogens (tertiary/aromatic N) is 2. The molecule has 0 bridgehead atoms. The number of carbonyl (C=O) groups excluding carboxylic acids is 2. The summed E-state index contributed by atoms with van der Waals surface area (Å²) in [6.45, 7) is 6.07. The monoisotopic (exact) mass is 612 g/mol. The molecule has 0 saturated carbocycles. The lowest BCUT2D eigenvalue weighted by molar-refractivity contribution is -0.143. The zero-order valence-corrected chi connectivity index (χ0v) is 23.3. The Morgan fingerprint density at radius 3 is 1.88 bits per heavy atom. The summed E-state index contributed by atoms with van der Waals surface area (Å²) in [6.07, 6.45) is -15.8. The minimum atomic E-state index is -5.12. The van der Waals surface area contributed by atoms with E-state index in [4.69, 9.17) is 4.74 Å². The van der Waals surface area contributed by atoms with Crippen molar-refractivity contribution in [1.29, 1.82) is 0 Å². The van der Waals surface area contributed by atoms with Gasteiger partial charge in [0.2, 0.25) is 5.91 Å². The molecule has 0 aromatic heterocycles. The largest absolute Gasteiger partial charge is 0.443 e. The lowest BCUT2D eigenvalue weighted by Crippen LogP contribution is -2.38. The van der Waals surface area contributed by atoms with E-state index in [2.05, 4.69) is 0 Å². The Morgan fingerprint density at radius 1 is 0.881 bits per heavy atom. The van der Waals surface area contributed by atoms with E-state index in [0.717, 1.165) is 28.9 Å². The number of amides is 2. The number of benzene rings is 2. The van der Waals surface area contributed by atoms with Crippen molar-refractivity contribution in [2.24, 2.45) is 0 Å². The van der Waals surface area contributed by atoms with Gasteiger partial charge in [0.05, 0.1) is 28.4 Å². The van der Waals surface area contributed by atoms with E-state index >= 15 is 0 Å². The Bertz CT molecular complexity index is 1310. The first-order chi connectivity index (χ1) is 19.0. The molecule has 1 aliphatic rings. The number of fused-ring (bicyclic) bond motifs is 1. The maximum atomic E-state index is 13.9. The van der Waals surface area contributed by atoms with Crippen LogP contribution in [0.1, 0.15) is 80.0 Å². The molecule has 14 heteroatoms. The van der Waals surface area contributed by atoms with Gasteiger partial charge in [-0.3, -0.25) is 9.69 Å². The van der Waals surface area contributed by atoms with Crippen LogP contribution >= 0.6 is 0 Å². The van der Waals surface area contributed by atoms with Crippen molar-refractivity contribution in [2.75, 3.05) is 11.4 Å². The van der Waals surface area contributed by atoms with Gasteiger partial charge < -0.3 is 9.64 Å². The molecular weight excluding hydrogens is 583 g/mol. The van der Waals surface area contributed by atoms with Crippen molar-refractivity contribution in [3.05, 3.63) is 63.7 Å². The molecule has 5 nitrogen and oxygen atoms in total. The molecule has 1 heterocycles. The summed E-state index contributed by atoms with van der Waals surface area (Å²) >= 11 is 0. The topological polar surface area (TPSA) is 49.9 Å². The van der Waals surface area contributed by atoms with Crippen molar-refractivity contribution in [2.45, 2.75) is 84.2 Å². The van der Waals surface area contributed by atoms with Crippen molar-refractivity contribution in [3.8, 4) is 0 Å². The van der Waals surface area contributed by atoms with Gasteiger partial charge in [-0.05, 0) is 81.5 Å². The van der Waals surface area contributed by atoms with Crippen LogP contribution in [0.3, 0.4) is 0 Å². The summed E-state index contributed by atoms with van der Waals surface area (Å²) in [4.78, 5) is 27.9. The summed E-state index contributed by atoms with van der Waals surface area (Å²) in [5.74, 6) is -0.750. The summed E-state index contributed by atoms with van der Waals surface area (Å²) < 4.78 is 128. The number of alkyl halides is 9. The van der Waals surface area contributed by atoms with Crippen LogP contribution in [0.2, 0.25) is 0 Å². The Hall–Kier alpha value is -3.45. The molecule has 1 aliphatic heterocycles. The van der Waals surface area contributed by atoms with E-state index in [9.17, 15) is 49.1 Å². The molecule has 0 radical (unpaired) electrons. The summed E-state index contributed by atoms with van der Waals surface area (Å²) in [5, 5.41) is 0. The molecule has 1 atom stereocenters. The van der Waals surface area contributed by atoms with Crippen LogP contribution in [0, 0.1) is 6.92 Å². The number of anilines is 1. The molecule has 42 heavy (non-hydrogen) atoms. The molecule has 2 aromatic rings. The molecule has 0 saturated heterocycles. The zero-order valence-electron chi connectivity index (χ0n) is 23.3. The van der Waals surface area contributed by atoms with Crippen LogP contribution in [0.25, 0.3) is 0 Å². The number of aryl methyl sites for hydroxylation is 1. The predicted octanol–water partition coefficient (Wildman–Crippen LogP) is 8.68. The normalized spacial score (nSPS) is 16.5. The van der Waals surface area contributed by atoms with Gasteiger partial charge in [-0.2, -0.15) is 39.5 Å². The van der Waals surface area contributed by atoms with Gasteiger partial charge in [-0.1, -0.05) is 6.07 Å². The number of carbonyl (C=O) groups is 2. The third-order valence-corrected chi connectivity index (χ3v) is 6.58. The van der Waals surface area contributed by atoms with Gasteiger partial charge in [0.15, 0.2) is 0 Å². The first-order valence-corrected chi connectivity index (χ1v) is 12.8. The second kappa shape index (κ2) is 11.3. The Morgan fingerprint density at radius 2 is 1.43 bits per heavy atom. The molecule has 2 aromatic carbocycles. The predicted molar refractivity (Wildman–Crippen MR) is 134 cm³/mol. The Labute approximate surface area is 236 Å². The minimum Gasteiger partial charge on any atom is -0.443 e. The van der Waals surface area contributed by atoms with Gasteiger partial charge >= 0.3 is 24.6 Å². The van der Waals surface area contributed by atoms with Crippen LogP contribution < -0.4 is 4.90 Å². The van der Waals surface area contributed by atoms with E-state index < -0.39 is 71.0 Å². The molecule has 0 N–H and O–H groups in total. The second-order valence-corrected chi connectivity index (χ2v) is 11.1. The van der Waals surface area contributed by atoms with E-state index in [1.54, 1.807) is 20.8 Å². The molecule has 0 aliphatic carbocycles. The fraction of sp³-hybridized carbons (Fsp3) is 0.500. The van der Waals surface area contributed by atoms with Gasteiger partial charge in [-0.15, -0.1) is 0 Å². The molecule has 0 fully saturated rings. The number of hydrogen-bond acceptors (Lipinski definition) is 3. The smallest absolute Gasteiger partial charge is 0.416 e. The van der Waals surface area contributed by atoms with Crippen molar-refractivity contribution in [1.82, 2.24) is 4.90 Å². The third kappa shape index (κ3) is 7.68. The highest BCUT2D eigenvalue weighted by molar-refractivity contribution is 5.90. The molecule has 3 rings (SSSR count). The summed E-state index contributed by atoms with van der Waals surface area (Å²) in [6, 6.07) is 1.74. The highest BCUT2D eigenvalue weighted by Gasteiger charge is 2.40. The van der Waals surface area contributed by atoms with E-state index in [0.29, 0.717) is 12.1 Å². The Kier molecular flexibility index (Phi) is 8.91. The molecule has 0 unspecified atom stereocenters. The lowest BCUT2D eigenvalue weighted by Gasteiger charge is -2.33. The fourth-order valence-electron chi connectivity index (χ4n) is 4.82. The maximum Gasteiger partial charge on any atom is 0.416 e. The number of hydrogen-bond donors (Lipinski definition) is 0. The maximum absolute atomic E-state index is 13.9. The van der Waals surface area contributed by atoms with Crippen LogP contribution in [0.4, 0.5) is 50.0 Å². The molecule has 0 spiro atoms. The molecule has 232 valence electrons. The van der Waals surface area contributed by atoms with Gasteiger partial charge in [0.1, 0.15) is 5.60 Å². The first kappa shape index (κ1) is 33.1. The van der Waals surface area contributed by atoms with Crippen LogP contribution in [0.5, 0.6) is 0 Å². The second-order valence-electron chi connectivity index (χ2n) is 11.1. The molecular formula is C28H29F9N2O3. The highest BCUT2D eigenvalue weighted by atomic mass is 19.4. The highest BCUT2D eigenvalue weighted by Crippen LogP contribution is 2.44. The van der Waals surface area contributed by atoms with E-state index in [-0.39, 0.29) is 42.3 Å². The van der Waals surface area contributed by atoms with Crippen LogP contribution in [-0.4, -0.2) is 29.0 Å². The zero-order chi connectivity index (χ0) is 32.0. The quantitative estimate of drug-likeness (QED) is 0.326. The molecule has 2 amide bonds. The van der Waals surface area contributed by atoms with E-state index in [1.807, 2.05) is 0 Å². The van der Waals surface area contributed by atoms with Crippen LogP contribution in [0.15, 0.2) is 30.3 Å². The average Bonchev–Trinajstić information content (AvgIpc) is 2.98. The summed E-state index contributed by atoms with van der Waals surface area (Å²) in [7, 11) is 0. The number of ether oxygens (including phenoxy) is 1.